The molecule has 2 nitrogen and oxygen atoms in total. The zero-order valence-electron chi connectivity index (χ0n) is 13.7. The molecule has 0 bridgehead atoms. The molecule has 0 N–H and O–H groups in total. The predicted octanol–water partition coefficient (Wildman–Crippen LogP) is 5.93. The van der Waals surface area contributed by atoms with Crippen LogP contribution in [0.15, 0.2) is 12.4 Å². The van der Waals surface area contributed by atoms with E-state index in [0.717, 1.165) is 18.5 Å². The number of alkyl halides is 1. The average Bonchev–Trinajstić information content (AvgIpc) is 2.89. The molecule has 0 fully saturated rings. The summed E-state index contributed by atoms with van der Waals surface area (Å²) >= 11 is 3.49. The zero-order valence-corrected chi connectivity index (χ0v) is 17.0. The van der Waals surface area contributed by atoms with Crippen LogP contribution in [0.4, 0.5) is 0 Å². The standard InChI is InChI=1S/C17H33BrN2.BrH/c1-2-3-4-5-6-7-8-9-10-11-13-19-15-16-20(17-19)14-12-18;/h15-16H,2-14,17H2,1H3;1H. The van der Waals surface area contributed by atoms with Gasteiger partial charge >= 0.3 is 0 Å². The van der Waals surface area contributed by atoms with Crippen LogP contribution >= 0.6 is 32.9 Å². The highest BCUT2D eigenvalue weighted by Gasteiger charge is 2.10. The third kappa shape index (κ3) is 11.5. The van der Waals surface area contributed by atoms with E-state index < -0.39 is 0 Å². The van der Waals surface area contributed by atoms with Crippen molar-refractivity contribution in [3.63, 3.8) is 0 Å². The second kappa shape index (κ2) is 15.2. The van der Waals surface area contributed by atoms with E-state index in [1.54, 1.807) is 0 Å². The lowest BCUT2D eigenvalue weighted by Crippen LogP contribution is -2.27. The largest absolute Gasteiger partial charge is 0.359 e. The van der Waals surface area contributed by atoms with Gasteiger partial charge in [-0.2, -0.15) is 0 Å². The lowest BCUT2D eigenvalue weighted by atomic mass is 10.1. The molecular formula is C17H34Br2N2. The van der Waals surface area contributed by atoms with Crippen LogP contribution < -0.4 is 0 Å². The van der Waals surface area contributed by atoms with Gasteiger partial charge in [-0.1, -0.05) is 80.6 Å². The van der Waals surface area contributed by atoms with Crippen molar-refractivity contribution in [1.82, 2.24) is 9.80 Å². The van der Waals surface area contributed by atoms with Crippen molar-refractivity contribution in [2.45, 2.75) is 71.1 Å². The fraction of sp³-hybridized carbons (Fsp3) is 0.882. The Bertz CT molecular complexity index is 247. The minimum Gasteiger partial charge on any atom is -0.359 e. The van der Waals surface area contributed by atoms with Crippen molar-refractivity contribution in [2.75, 3.05) is 25.1 Å². The van der Waals surface area contributed by atoms with Gasteiger partial charge in [0.2, 0.25) is 0 Å². The summed E-state index contributed by atoms with van der Waals surface area (Å²) in [4.78, 5) is 4.80. The quantitative estimate of drug-likeness (QED) is 0.266. The van der Waals surface area contributed by atoms with E-state index in [1.807, 2.05) is 0 Å². The van der Waals surface area contributed by atoms with Crippen molar-refractivity contribution in [2.24, 2.45) is 0 Å². The minimum absolute atomic E-state index is 0. The van der Waals surface area contributed by atoms with Crippen molar-refractivity contribution >= 4 is 32.9 Å². The van der Waals surface area contributed by atoms with E-state index in [2.05, 4.69) is 45.1 Å². The number of rotatable bonds is 13. The Balaban J connectivity index is 0.00000400. The first-order chi connectivity index (χ1) is 9.86. The van der Waals surface area contributed by atoms with Gasteiger partial charge in [0.1, 0.15) is 0 Å². The molecule has 4 heteroatoms. The maximum atomic E-state index is 3.49. The summed E-state index contributed by atoms with van der Waals surface area (Å²) in [5.74, 6) is 0. The van der Waals surface area contributed by atoms with Crippen molar-refractivity contribution < 1.29 is 0 Å². The Morgan fingerprint density at radius 2 is 1.24 bits per heavy atom. The highest BCUT2D eigenvalue weighted by Crippen LogP contribution is 2.12. The molecule has 0 saturated heterocycles. The van der Waals surface area contributed by atoms with Crippen LogP contribution in [0, 0.1) is 0 Å². The number of hydrogen-bond acceptors (Lipinski definition) is 2. The van der Waals surface area contributed by atoms with Crippen molar-refractivity contribution in [1.29, 1.82) is 0 Å². The summed E-state index contributed by atoms with van der Waals surface area (Å²) < 4.78 is 0. The molecule has 0 amide bonds. The van der Waals surface area contributed by atoms with Gasteiger partial charge in [-0.3, -0.25) is 0 Å². The smallest absolute Gasteiger partial charge is 0.0894 e. The van der Waals surface area contributed by atoms with Gasteiger partial charge in [-0.05, 0) is 6.42 Å². The lowest BCUT2D eigenvalue weighted by Gasteiger charge is -2.20. The lowest BCUT2D eigenvalue weighted by molar-refractivity contribution is 0.270. The Kier molecular flexibility index (Phi) is 15.4. The first kappa shape index (κ1) is 21.3. The maximum absolute atomic E-state index is 3.49. The summed E-state index contributed by atoms with van der Waals surface area (Å²) in [5.41, 5.74) is 0. The van der Waals surface area contributed by atoms with E-state index in [0.29, 0.717) is 0 Å². The van der Waals surface area contributed by atoms with Gasteiger partial charge < -0.3 is 9.80 Å². The van der Waals surface area contributed by atoms with Gasteiger partial charge in [-0.15, -0.1) is 17.0 Å². The Morgan fingerprint density at radius 3 is 1.76 bits per heavy atom. The van der Waals surface area contributed by atoms with Crippen LogP contribution in [0.3, 0.4) is 0 Å². The molecule has 1 heterocycles. The second-order valence-corrected chi connectivity index (χ2v) is 6.73. The molecule has 126 valence electrons. The average molecular weight is 426 g/mol. The topological polar surface area (TPSA) is 6.48 Å². The second-order valence-electron chi connectivity index (χ2n) is 5.94. The summed E-state index contributed by atoms with van der Waals surface area (Å²) in [7, 11) is 0. The van der Waals surface area contributed by atoms with Gasteiger partial charge in [0, 0.05) is 30.8 Å². The van der Waals surface area contributed by atoms with E-state index in [4.69, 9.17) is 0 Å². The third-order valence-electron chi connectivity index (χ3n) is 4.02. The maximum Gasteiger partial charge on any atom is 0.0894 e. The highest BCUT2D eigenvalue weighted by atomic mass is 79.9. The molecule has 1 rings (SSSR count). The summed E-state index contributed by atoms with van der Waals surface area (Å²) in [6.07, 6.45) is 18.7. The predicted molar refractivity (Wildman–Crippen MR) is 103 cm³/mol. The molecule has 0 aromatic rings. The number of halogens is 2. The molecule has 0 spiro atoms. The van der Waals surface area contributed by atoms with E-state index in [1.165, 1.54) is 70.8 Å². The SMILES string of the molecule is Br.CCCCCCCCCCCCN1C=CN(CCBr)C1. The van der Waals surface area contributed by atoms with Crippen LogP contribution in [-0.4, -0.2) is 34.9 Å². The fourth-order valence-electron chi connectivity index (χ4n) is 2.72. The van der Waals surface area contributed by atoms with E-state index in [9.17, 15) is 0 Å². The summed E-state index contributed by atoms with van der Waals surface area (Å²) in [5, 5.41) is 1.06. The van der Waals surface area contributed by atoms with Crippen LogP contribution in [0.5, 0.6) is 0 Å². The summed E-state index contributed by atoms with van der Waals surface area (Å²) in [6.45, 7) is 5.72. The van der Waals surface area contributed by atoms with Gasteiger partial charge in [-0.25, -0.2) is 0 Å². The van der Waals surface area contributed by atoms with Crippen LogP contribution in [0.25, 0.3) is 0 Å². The van der Waals surface area contributed by atoms with E-state index >= 15 is 0 Å². The third-order valence-corrected chi connectivity index (χ3v) is 4.38. The molecule has 21 heavy (non-hydrogen) atoms. The first-order valence-electron chi connectivity index (χ1n) is 8.59. The number of nitrogens with zero attached hydrogens (tertiary/aromatic N) is 2. The normalized spacial score (nSPS) is 13.8. The van der Waals surface area contributed by atoms with Crippen LogP contribution in [0.2, 0.25) is 0 Å². The number of unbranched alkanes of at least 4 members (excludes halogenated alkanes) is 9. The first-order valence-corrected chi connectivity index (χ1v) is 9.71. The van der Waals surface area contributed by atoms with Crippen LogP contribution in [0.1, 0.15) is 71.1 Å². The summed E-state index contributed by atoms with van der Waals surface area (Å²) in [6, 6.07) is 0. The molecule has 0 aliphatic carbocycles. The molecule has 1 aliphatic heterocycles. The highest BCUT2D eigenvalue weighted by molar-refractivity contribution is 9.09. The van der Waals surface area contributed by atoms with E-state index in [-0.39, 0.29) is 17.0 Å². The fourth-order valence-corrected chi connectivity index (χ4v) is 3.17. The molecule has 0 saturated carbocycles. The molecule has 0 unspecified atom stereocenters. The molecule has 0 radical (unpaired) electrons. The van der Waals surface area contributed by atoms with Gasteiger partial charge in [0.25, 0.3) is 0 Å². The zero-order chi connectivity index (χ0) is 14.5. The van der Waals surface area contributed by atoms with Gasteiger partial charge in [0.05, 0.1) is 6.67 Å². The minimum atomic E-state index is 0. The Labute approximate surface area is 151 Å². The monoisotopic (exact) mass is 424 g/mol. The molecule has 0 aromatic carbocycles. The molecule has 1 aliphatic rings. The Hall–Kier alpha value is 0.300. The van der Waals surface area contributed by atoms with Crippen molar-refractivity contribution in [3.05, 3.63) is 12.4 Å². The molecular weight excluding hydrogens is 392 g/mol. The molecule has 0 atom stereocenters. The Morgan fingerprint density at radius 1 is 0.762 bits per heavy atom. The van der Waals surface area contributed by atoms with Crippen LogP contribution in [-0.2, 0) is 0 Å². The molecule has 0 aromatic heterocycles. The number of hydrogen-bond donors (Lipinski definition) is 0. The van der Waals surface area contributed by atoms with Gasteiger partial charge in [0.15, 0.2) is 0 Å². The van der Waals surface area contributed by atoms with Crippen molar-refractivity contribution in [3.8, 4) is 0 Å².